The molecule has 9 heteroatoms. The maximum absolute atomic E-state index is 12.6. The zero-order valence-electron chi connectivity index (χ0n) is 18.0. The number of carbonyl (C=O) groups excluding carboxylic acids is 2. The van der Waals surface area contributed by atoms with Crippen molar-refractivity contribution >= 4 is 11.8 Å². The number of nitrogens with two attached hydrogens (primary N) is 1. The van der Waals surface area contributed by atoms with Crippen molar-refractivity contribution in [2.45, 2.75) is 11.8 Å². The number of nitrogens with zero attached hydrogens (tertiary/aromatic N) is 5. The summed E-state index contributed by atoms with van der Waals surface area (Å²) in [6.45, 7) is 0.393. The van der Waals surface area contributed by atoms with Gasteiger partial charge >= 0.3 is 0 Å². The van der Waals surface area contributed by atoms with Crippen LogP contribution in [0.1, 0.15) is 44.1 Å². The van der Waals surface area contributed by atoms with E-state index >= 15 is 0 Å². The average Bonchev–Trinajstić information content (AvgIpc) is 3.38. The first-order chi connectivity index (χ1) is 14.8. The molecule has 0 fully saturated rings. The second-order valence-electron chi connectivity index (χ2n) is 8.10. The minimum absolute atomic E-state index is 0.0965. The fourth-order valence-electron chi connectivity index (χ4n) is 4.39. The monoisotopic (exact) mass is 419 g/mol. The summed E-state index contributed by atoms with van der Waals surface area (Å²) >= 11 is 0. The number of hydrogen-bond donors (Lipinski definition) is 2. The number of tetrazole rings is 1. The summed E-state index contributed by atoms with van der Waals surface area (Å²) in [5.41, 5.74) is 10.1. The van der Waals surface area contributed by atoms with E-state index in [1.807, 2.05) is 36.4 Å². The van der Waals surface area contributed by atoms with Gasteiger partial charge in [-0.2, -0.15) is 5.21 Å². The molecule has 160 valence electrons. The third kappa shape index (κ3) is 3.09. The highest BCUT2D eigenvalue weighted by atomic mass is 16.2. The fraction of sp³-hybridized carbons (Fsp3) is 0.318. The Bertz CT molecular complexity index is 1080. The lowest BCUT2D eigenvalue weighted by Gasteiger charge is -2.28. The summed E-state index contributed by atoms with van der Waals surface area (Å²) in [7, 11) is 6.87. The lowest BCUT2D eigenvalue weighted by atomic mass is 9.74. The molecule has 0 saturated carbocycles. The largest absolute Gasteiger partial charge is 0.345 e. The molecule has 0 saturated heterocycles. The van der Waals surface area contributed by atoms with Gasteiger partial charge in [-0.3, -0.25) is 9.59 Å². The van der Waals surface area contributed by atoms with Crippen molar-refractivity contribution in [3.8, 4) is 11.1 Å². The Kier molecular flexibility index (Phi) is 5.06. The maximum atomic E-state index is 12.6. The predicted molar refractivity (Wildman–Crippen MR) is 116 cm³/mol. The van der Waals surface area contributed by atoms with Gasteiger partial charge in [-0.1, -0.05) is 17.3 Å². The van der Waals surface area contributed by atoms with Gasteiger partial charge in [-0.15, -0.1) is 10.2 Å². The molecule has 1 heterocycles. The molecule has 9 nitrogen and oxygen atoms in total. The van der Waals surface area contributed by atoms with E-state index in [4.69, 9.17) is 5.73 Å². The Hall–Kier alpha value is -3.59. The van der Waals surface area contributed by atoms with E-state index in [0.29, 0.717) is 29.9 Å². The molecule has 3 N–H and O–H groups in total. The second-order valence-corrected chi connectivity index (χ2v) is 8.10. The third-order valence-corrected chi connectivity index (χ3v) is 5.80. The number of carbonyl (C=O) groups is 2. The van der Waals surface area contributed by atoms with Gasteiger partial charge in [-0.25, -0.2) is 0 Å². The van der Waals surface area contributed by atoms with Gasteiger partial charge in [0.05, 0.1) is 5.41 Å². The smallest absolute Gasteiger partial charge is 0.253 e. The summed E-state index contributed by atoms with van der Waals surface area (Å²) in [4.78, 5) is 28.4. The number of aromatic nitrogens is 4. The summed E-state index contributed by atoms with van der Waals surface area (Å²) in [5.74, 6) is 0.317. The van der Waals surface area contributed by atoms with Crippen LogP contribution in [0.15, 0.2) is 36.4 Å². The lowest BCUT2D eigenvalue weighted by Crippen LogP contribution is -2.32. The van der Waals surface area contributed by atoms with Gasteiger partial charge in [0.1, 0.15) is 0 Å². The van der Waals surface area contributed by atoms with E-state index in [9.17, 15) is 9.59 Å². The molecule has 1 aromatic heterocycles. The number of nitrogens with one attached hydrogen (secondary N) is 1. The van der Waals surface area contributed by atoms with Crippen LogP contribution >= 0.6 is 0 Å². The average molecular weight is 419 g/mol. The zero-order chi connectivity index (χ0) is 22.3. The Morgan fingerprint density at radius 1 is 0.935 bits per heavy atom. The van der Waals surface area contributed by atoms with Crippen LogP contribution in [-0.4, -0.2) is 77.0 Å². The minimum atomic E-state index is -0.716. The third-order valence-electron chi connectivity index (χ3n) is 5.80. The molecular formula is C22H25N7O2. The van der Waals surface area contributed by atoms with Crippen molar-refractivity contribution in [3.63, 3.8) is 0 Å². The Labute approximate surface area is 180 Å². The SMILES string of the molecule is CN(C)C(=O)c1ccc2c(c1)-c1cc(C(=O)N(C)C)ccc1C2(CCN)c1nn[nH]n1. The van der Waals surface area contributed by atoms with Gasteiger partial charge in [-0.05, 0) is 59.5 Å². The van der Waals surface area contributed by atoms with Gasteiger partial charge in [0, 0.05) is 39.3 Å². The van der Waals surface area contributed by atoms with Crippen LogP contribution in [0.25, 0.3) is 11.1 Å². The maximum Gasteiger partial charge on any atom is 0.253 e. The van der Waals surface area contributed by atoms with Crippen molar-refractivity contribution < 1.29 is 9.59 Å². The zero-order valence-corrected chi connectivity index (χ0v) is 18.0. The van der Waals surface area contributed by atoms with Crippen LogP contribution in [0.5, 0.6) is 0 Å². The van der Waals surface area contributed by atoms with E-state index < -0.39 is 5.41 Å². The van der Waals surface area contributed by atoms with Crippen LogP contribution in [0.4, 0.5) is 0 Å². The first-order valence-electron chi connectivity index (χ1n) is 9.98. The number of fused-ring (bicyclic) bond motifs is 3. The van der Waals surface area contributed by atoms with Crippen molar-refractivity contribution in [2.24, 2.45) is 5.73 Å². The quantitative estimate of drug-likeness (QED) is 0.642. The second kappa shape index (κ2) is 7.59. The van der Waals surface area contributed by atoms with Crippen LogP contribution < -0.4 is 5.73 Å². The van der Waals surface area contributed by atoms with Gasteiger partial charge < -0.3 is 15.5 Å². The Morgan fingerprint density at radius 3 is 1.84 bits per heavy atom. The van der Waals surface area contributed by atoms with Crippen molar-refractivity contribution in [1.29, 1.82) is 0 Å². The van der Waals surface area contributed by atoms with Crippen LogP contribution in [-0.2, 0) is 5.41 Å². The summed E-state index contributed by atoms with van der Waals surface area (Å²) in [6.07, 6.45) is 0.550. The van der Waals surface area contributed by atoms with E-state index in [2.05, 4.69) is 20.6 Å². The van der Waals surface area contributed by atoms with Gasteiger partial charge in [0.2, 0.25) is 0 Å². The van der Waals surface area contributed by atoms with Gasteiger partial charge in [0.15, 0.2) is 5.82 Å². The van der Waals surface area contributed by atoms with Crippen molar-refractivity contribution in [1.82, 2.24) is 30.4 Å². The lowest BCUT2D eigenvalue weighted by molar-refractivity contribution is 0.0820. The highest BCUT2D eigenvalue weighted by Gasteiger charge is 2.47. The molecule has 3 aromatic rings. The topological polar surface area (TPSA) is 121 Å². The normalized spacial score (nSPS) is 13.5. The molecule has 0 atom stereocenters. The molecule has 31 heavy (non-hydrogen) atoms. The van der Waals surface area contributed by atoms with Crippen LogP contribution in [0.2, 0.25) is 0 Å². The van der Waals surface area contributed by atoms with E-state index in [-0.39, 0.29) is 11.8 Å². The first kappa shape index (κ1) is 20.7. The number of amides is 2. The molecule has 1 aliphatic rings. The van der Waals surface area contributed by atoms with Crippen molar-refractivity contribution in [3.05, 3.63) is 64.5 Å². The minimum Gasteiger partial charge on any atom is -0.345 e. The van der Waals surface area contributed by atoms with Crippen LogP contribution in [0, 0.1) is 0 Å². The van der Waals surface area contributed by atoms with E-state index in [1.54, 1.807) is 28.2 Å². The molecule has 0 aliphatic heterocycles. The highest BCUT2D eigenvalue weighted by molar-refractivity contribution is 5.99. The molecule has 1 aliphatic carbocycles. The number of benzene rings is 2. The van der Waals surface area contributed by atoms with E-state index in [1.165, 1.54) is 9.80 Å². The molecule has 2 amide bonds. The Morgan fingerprint density at radius 2 is 1.45 bits per heavy atom. The summed E-state index contributed by atoms with van der Waals surface area (Å²) in [6, 6.07) is 11.2. The number of rotatable bonds is 5. The fourth-order valence-corrected chi connectivity index (χ4v) is 4.39. The standard InChI is InChI=1S/C22H25N7O2/c1-28(2)19(30)13-5-7-17-15(11-13)16-12-14(20(31)29(3)4)6-8-18(16)22(17,9-10-23)21-24-26-27-25-21/h5-8,11-12H,9-10,23H2,1-4H3,(H,24,25,26,27). The number of H-pyrrole nitrogens is 1. The van der Waals surface area contributed by atoms with Crippen molar-refractivity contribution in [2.75, 3.05) is 34.7 Å². The molecule has 4 rings (SSSR count). The first-order valence-corrected chi connectivity index (χ1v) is 9.98. The highest BCUT2D eigenvalue weighted by Crippen LogP contribution is 2.53. The predicted octanol–water partition coefficient (Wildman–Crippen LogP) is 1.27. The van der Waals surface area contributed by atoms with E-state index in [0.717, 1.165) is 22.3 Å². The number of hydrogen-bond acceptors (Lipinski definition) is 6. The number of aromatic amines is 1. The molecule has 0 unspecified atom stereocenters. The molecule has 0 radical (unpaired) electrons. The van der Waals surface area contributed by atoms with Gasteiger partial charge in [0.25, 0.3) is 11.8 Å². The van der Waals surface area contributed by atoms with Crippen LogP contribution in [0.3, 0.4) is 0 Å². The molecule has 2 aromatic carbocycles. The molecule has 0 bridgehead atoms. The Balaban J connectivity index is 2.02. The molecular weight excluding hydrogens is 394 g/mol. The summed E-state index contributed by atoms with van der Waals surface area (Å²) in [5, 5.41) is 14.9. The molecule has 0 spiro atoms. The summed E-state index contributed by atoms with van der Waals surface area (Å²) < 4.78 is 0.